The highest BCUT2D eigenvalue weighted by Crippen LogP contribution is 2.50. The number of hydrogen-bond acceptors (Lipinski definition) is 2. The van der Waals surface area contributed by atoms with Gasteiger partial charge in [-0.1, -0.05) is 159 Å². The Morgan fingerprint density at radius 2 is 0.985 bits per heavy atom. The summed E-state index contributed by atoms with van der Waals surface area (Å²) < 4.78 is 4.69. The first kappa shape index (κ1) is 36.2. The fourth-order valence-corrected chi connectivity index (χ4v) is 11.2. The van der Waals surface area contributed by atoms with Crippen molar-refractivity contribution in [2.75, 3.05) is 0 Å². The van der Waals surface area contributed by atoms with E-state index < -0.39 is 0 Å². The van der Waals surface area contributed by atoms with Gasteiger partial charge in [-0.15, -0.1) is 0 Å². The number of para-hydroxylation sites is 2. The zero-order valence-electron chi connectivity index (χ0n) is 35.9. The van der Waals surface area contributed by atoms with E-state index in [0.29, 0.717) is 5.95 Å². The minimum atomic E-state index is -0.127. The molecule has 3 heterocycles. The summed E-state index contributed by atoms with van der Waals surface area (Å²) in [5.74, 6) is 0.660. The third-order valence-electron chi connectivity index (χ3n) is 14.3. The van der Waals surface area contributed by atoms with Crippen LogP contribution >= 0.6 is 0 Å². The molecular formula is C61H40N4. The largest absolute Gasteiger partial charge is 0.309 e. The van der Waals surface area contributed by atoms with Crippen LogP contribution in [0.25, 0.3) is 121 Å². The Kier molecular flexibility index (Phi) is 7.42. The number of aromatic nitrogens is 4. The molecule has 1 aliphatic carbocycles. The van der Waals surface area contributed by atoms with Crippen molar-refractivity contribution in [3.05, 3.63) is 217 Å². The van der Waals surface area contributed by atoms with Crippen molar-refractivity contribution in [1.29, 1.82) is 0 Å². The topological polar surface area (TPSA) is 35.6 Å². The molecule has 0 amide bonds. The van der Waals surface area contributed by atoms with E-state index in [1.807, 2.05) is 0 Å². The van der Waals surface area contributed by atoms with Crippen LogP contribution in [0.3, 0.4) is 0 Å². The third kappa shape index (κ3) is 5.19. The zero-order valence-corrected chi connectivity index (χ0v) is 35.9. The summed E-state index contributed by atoms with van der Waals surface area (Å²) in [6.45, 7) is 4.67. The van der Waals surface area contributed by atoms with Crippen LogP contribution < -0.4 is 0 Å². The second-order valence-corrected chi connectivity index (χ2v) is 18.2. The number of benzene rings is 10. The molecule has 0 N–H and O–H groups in total. The minimum absolute atomic E-state index is 0.127. The van der Waals surface area contributed by atoms with Gasteiger partial charge in [0.1, 0.15) is 0 Å². The second kappa shape index (κ2) is 13.3. The molecule has 0 saturated carbocycles. The monoisotopic (exact) mass is 828 g/mol. The smallest absolute Gasteiger partial charge is 0.235 e. The van der Waals surface area contributed by atoms with Crippen molar-refractivity contribution in [2.24, 2.45) is 0 Å². The van der Waals surface area contributed by atoms with Crippen LogP contribution in [-0.2, 0) is 5.41 Å². The van der Waals surface area contributed by atoms with E-state index in [0.717, 1.165) is 44.4 Å². The van der Waals surface area contributed by atoms with Gasteiger partial charge in [0.05, 0.1) is 33.3 Å². The highest BCUT2D eigenvalue weighted by molar-refractivity contribution is 6.22. The molecular weight excluding hydrogens is 789 g/mol. The molecule has 0 aliphatic heterocycles. The summed E-state index contributed by atoms with van der Waals surface area (Å²) in [6, 6.07) is 75.4. The van der Waals surface area contributed by atoms with Gasteiger partial charge < -0.3 is 4.57 Å². The molecule has 14 rings (SSSR count). The van der Waals surface area contributed by atoms with Gasteiger partial charge in [0.15, 0.2) is 0 Å². The van der Waals surface area contributed by atoms with Crippen LogP contribution in [0.15, 0.2) is 206 Å². The van der Waals surface area contributed by atoms with Crippen LogP contribution in [0.4, 0.5) is 0 Å². The van der Waals surface area contributed by atoms with Gasteiger partial charge in [-0.3, -0.25) is 4.57 Å². The lowest BCUT2D eigenvalue weighted by atomic mass is 9.82. The van der Waals surface area contributed by atoms with E-state index in [-0.39, 0.29) is 5.41 Å². The van der Waals surface area contributed by atoms with Gasteiger partial charge in [-0.2, -0.15) is 0 Å². The quantitative estimate of drug-likeness (QED) is 0.177. The Hall–Kier alpha value is -8.34. The van der Waals surface area contributed by atoms with Gasteiger partial charge in [0.25, 0.3) is 0 Å². The number of nitrogens with zero attached hydrogens (tertiary/aromatic N) is 4. The SMILES string of the molecule is CC1(C)c2ccccc2-c2ccc(-c3nc(-n4c5ccc(-c6ccc7c(c6)c6ccccc6n7-c6ccc7ccccc7c6)cc5c5c6ccccc6ccc54)nc4ccccc34)cc21. The van der Waals surface area contributed by atoms with Crippen molar-refractivity contribution in [1.82, 2.24) is 19.1 Å². The molecule has 0 atom stereocenters. The molecule has 3 aromatic heterocycles. The Bertz CT molecular complexity index is 4160. The first-order chi connectivity index (χ1) is 32.0. The second-order valence-electron chi connectivity index (χ2n) is 18.2. The molecule has 65 heavy (non-hydrogen) atoms. The molecule has 4 heteroatoms. The molecule has 1 aliphatic rings. The Balaban J connectivity index is 0.971. The average Bonchev–Trinajstić information content (AvgIpc) is 3.96. The summed E-state index contributed by atoms with van der Waals surface area (Å²) in [7, 11) is 0. The van der Waals surface area contributed by atoms with E-state index in [1.54, 1.807) is 0 Å². The molecule has 0 spiro atoms. The van der Waals surface area contributed by atoms with E-state index in [2.05, 4.69) is 229 Å². The first-order valence-electron chi connectivity index (χ1n) is 22.5. The lowest BCUT2D eigenvalue weighted by Gasteiger charge is -2.22. The molecule has 13 aromatic rings. The maximum absolute atomic E-state index is 5.55. The third-order valence-corrected chi connectivity index (χ3v) is 14.3. The Morgan fingerprint density at radius 1 is 0.369 bits per heavy atom. The van der Waals surface area contributed by atoms with Gasteiger partial charge in [0, 0.05) is 43.6 Å². The predicted octanol–water partition coefficient (Wildman–Crippen LogP) is 15.8. The zero-order chi connectivity index (χ0) is 43.0. The van der Waals surface area contributed by atoms with Crippen LogP contribution in [0.1, 0.15) is 25.0 Å². The summed E-state index contributed by atoms with van der Waals surface area (Å²) in [4.78, 5) is 10.9. The summed E-state index contributed by atoms with van der Waals surface area (Å²) >= 11 is 0. The van der Waals surface area contributed by atoms with Crippen molar-refractivity contribution < 1.29 is 0 Å². The summed E-state index contributed by atoms with van der Waals surface area (Å²) in [5, 5.41) is 10.8. The molecule has 4 nitrogen and oxygen atoms in total. The number of hydrogen-bond donors (Lipinski definition) is 0. The Labute approximate surface area is 375 Å². The van der Waals surface area contributed by atoms with Crippen LogP contribution in [0, 0.1) is 0 Å². The van der Waals surface area contributed by atoms with E-state index in [9.17, 15) is 0 Å². The maximum atomic E-state index is 5.55. The first-order valence-corrected chi connectivity index (χ1v) is 22.5. The summed E-state index contributed by atoms with van der Waals surface area (Å²) in [5.41, 5.74) is 16.2. The maximum Gasteiger partial charge on any atom is 0.235 e. The highest BCUT2D eigenvalue weighted by atomic mass is 15.2. The fraction of sp³-hybridized carbons (Fsp3) is 0.0492. The normalized spacial score (nSPS) is 13.2. The minimum Gasteiger partial charge on any atom is -0.309 e. The van der Waals surface area contributed by atoms with E-state index >= 15 is 0 Å². The van der Waals surface area contributed by atoms with Crippen LogP contribution in [-0.4, -0.2) is 19.1 Å². The number of rotatable bonds is 4. The highest BCUT2D eigenvalue weighted by Gasteiger charge is 2.35. The molecule has 0 unspecified atom stereocenters. The lowest BCUT2D eigenvalue weighted by molar-refractivity contribution is 0.660. The average molecular weight is 829 g/mol. The van der Waals surface area contributed by atoms with Gasteiger partial charge >= 0.3 is 0 Å². The Morgan fingerprint density at radius 3 is 1.85 bits per heavy atom. The molecule has 0 radical (unpaired) electrons. The molecule has 304 valence electrons. The van der Waals surface area contributed by atoms with E-state index in [1.165, 1.54) is 81.9 Å². The van der Waals surface area contributed by atoms with Gasteiger partial charge in [-0.25, -0.2) is 9.97 Å². The number of fused-ring (bicyclic) bond motifs is 13. The van der Waals surface area contributed by atoms with Gasteiger partial charge in [0.2, 0.25) is 5.95 Å². The molecule has 0 bridgehead atoms. The molecule has 0 saturated heterocycles. The van der Waals surface area contributed by atoms with E-state index in [4.69, 9.17) is 9.97 Å². The molecule has 0 fully saturated rings. The predicted molar refractivity (Wildman–Crippen MR) is 272 cm³/mol. The van der Waals surface area contributed by atoms with Crippen LogP contribution in [0.2, 0.25) is 0 Å². The summed E-state index contributed by atoms with van der Waals surface area (Å²) in [6.07, 6.45) is 0. The van der Waals surface area contributed by atoms with Crippen molar-refractivity contribution >= 4 is 76.1 Å². The van der Waals surface area contributed by atoms with Crippen molar-refractivity contribution in [3.63, 3.8) is 0 Å². The fourth-order valence-electron chi connectivity index (χ4n) is 11.2. The van der Waals surface area contributed by atoms with Crippen molar-refractivity contribution in [2.45, 2.75) is 19.3 Å². The van der Waals surface area contributed by atoms with Crippen molar-refractivity contribution in [3.8, 4) is 45.1 Å². The van der Waals surface area contributed by atoms with Crippen LogP contribution in [0.5, 0.6) is 0 Å². The molecule has 10 aromatic carbocycles. The lowest BCUT2D eigenvalue weighted by Crippen LogP contribution is -2.15. The van der Waals surface area contributed by atoms with Gasteiger partial charge in [-0.05, 0) is 116 Å². The standard InChI is InChI=1S/C61H40N4/c1-61(2)51-20-10-7-17-45(51)46-29-24-42(36-52(46)61)59-48-19-8-11-21-53(48)62-60(63-59)65-56-31-27-41(35-50(56)58-44-16-6-5-14-38(44)25-32-57(58)65)40-26-30-55-49(34-40)47-18-9-12-22-54(47)64(55)43-28-23-37-13-3-4-15-39(37)33-43/h3-36H,1-2H3.